The maximum absolute atomic E-state index is 5.45. The van der Waals surface area contributed by atoms with Crippen LogP contribution in [0.5, 0.6) is 17.2 Å². The number of hydrogen-bond donors (Lipinski definition) is 2. The van der Waals surface area contributed by atoms with E-state index in [4.69, 9.17) is 26.4 Å². The molecule has 2 N–H and O–H groups in total. The molecule has 0 aliphatic carbocycles. The zero-order chi connectivity index (χ0) is 19.3. The van der Waals surface area contributed by atoms with Gasteiger partial charge in [-0.05, 0) is 47.5 Å². The summed E-state index contributed by atoms with van der Waals surface area (Å²) in [6.07, 6.45) is 0. The van der Waals surface area contributed by atoms with Gasteiger partial charge in [-0.25, -0.2) is 0 Å². The number of ether oxygens (including phenoxy) is 3. The Morgan fingerprint density at radius 3 is 2.00 bits per heavy atom. The lowest BCUT2D eigenvalue weighted by atomic mass is 9.87. The van der Waals surface area contributed by atoms with E-state index in [1.807, 2.05) is 24.3 Å². The summed E-state index contributed by atoms with van der Waals surface area (Å²) in [6.45, 7) is 6.50. The predicted octanol–water partition coefficient (Wildman–Crippen LogP) is 4.82. The molecule has 140 valence electrons. The number of benzene rings is 2. The summed E-state index contributed by atoms with van der Waals surface area (Å²) in [7, 11) is 4.84. The van der Waals surface area contributed by atoms with E-state index < -0.39 is 0 Å². The summed E-state index contributed by atoms with van der Waals surface area (Å²) in [5, 5.41) is 6.83. The summed E-state index contributed by atoms with van der Waals surface area (Å²) < 4.78 is 16.0. The van der Waals surface area contributed by atoms with E-state index in [1.165, 1.54) is 5.56 Å². The lowest BCUT2D eigenvalue weighted by Gasteiger charge is -2.22. The second kappa shape index (κ2) is 8.27. The molecule has 0 radical (unpaired) electrons. The molecule has 2 aromatic rings. The van der Waals surface area contributed by atoms with E-state index >= 15 is 0 Å². The second-order valence-corrected chi connectivity index (χ2v) is 7.22. The molecular formula is C20H26N2O3S. The van der Waals surface area contributed by atoms with E-state index in [0.29, 0.717) is 16.6 Å². The SMILES string of the molecule is COc1ccc(C(C)(C)C)cc1NC(=S)Nc1ccc(OC)c(OC)c1. The fourth-order valence-corrected chi connectivity index (χ4v) is 2.70. The van der Waals surface area contributed by atoms with Crippen molar-refractivity contribution in [3.8, 4) is 17.2 Å². The minimum Gasteiger partial charge on any atom is -0.495 e. The molecule has 0 aliphatic heterocycles. The van der Waals surface area contributed by atoms with Crippen molar-refractivity contribution in [3.05, 3.63) is 42.0 Å². The summed E-state index contributed by atoms with van der Waals surface area (Å²) in [5.74, 6) is 2.03. The van der Waals surface area contributed by atoms with Crippen LogP contribution in [0, 0.1) is 0 Å². The van der Waals surface area contributed by atoms with Crippen molar-refractivity contribution in [1.29, 1.82) is 0 Å². The second-order valence-electron chi connectivity index (χ2n) is 6.81. The highest BCUT2D eigenvalue weighted by Gasteiger charge is 2.16. The molecule has 0 fully saturated rings. The van der Waals surface area contributed by atoms with Gasteiger partial charge in [-0.3, -0.25) is 0 Å². The van der Waals surface area contributed by atoms with E-state index in [2.05, 4.69) is 43.5 Å². The smallest absolute Gasteiger partial charge is 0.175 e. The van der Waals surface area contributed by atoms with Crippen molar-refractivity contribution in [1.82, 2.24) is 0 Å². The molecular weight excluding hydrogens is 348 g/mol. The van der Waals surface area contributed by atoms with Crippen LogP contribution in [-0.2, 0) is 5.41 Å². The first-order chi connectivity index (χ1) is 12.3. The largest absolute Gasteiger partial charge is 0.495 e. The van der Waals surface area contributed by atoms with E-state index in [0.717, 1.165) is 17.1 Å². The van der Waals surface area contributed by atoms with Gasteiger partial charge in [0.25, 0.3) is 0 Å². The molecule has 2 rings (SSSR count). The van der Waals surface area contributed by atoms with Gasteiger partial charge in [0.15, 0.2) is 16.6 Å². The number of methoxy groups -OCH3 is 3. The Labute approximate surface area is 160 Å². The Balaban J connectivity index is 2.19. The number of anilines is 2. The van der Waals surface area contributed by atoms with Crippen molar-refractivity contribution in [2.24, 2.45) is 0 Å². The van der Waals surface area contributed by atoms with Crippen LogP contribution < -0.4 is 24.8 Å². The highest BCUT2D eigenvalue weighted by atomic mass is 32.1. The van der Waals surface area contributed by atoms with Gasteiger partial charge >= 0.3 is 0 Å². The molecule has 2 aromatic carbocycles. The van der Waals surface area contributed by atoms with Crippen LogP contribution in [-0.4, -0.2) is 26.4 Å². The quantitative estimate of drug-likeness (QED) is 0.732. The Hall–Kier alpha value is -2.47. The van der Waals surface area contributed by atoms with E-state index in [1.54, 1.807) is 21.3 Å². The van der Waals surface area contributed by atoms with Crippen molar-refractivity contribution >= 4 is 28.7 Å². The molecule has 0 amide bonds. The summed E-state index contributed by atoms with van der Waals surface area (Å²) in [4.78, 5) is 0. The summed E-state index contributed by atoms with van der Waals surface area (Å²) in [5.41, 5.74) is 2.83. The number of rotatable bonds is 5. The maximum Gasteiger partial charge on any atom is 0.175 e. The monoisotopic (exact) mass is 374 g/mol. The van der Waals surface area contributed by atoms with Crippen LogP contribution in [0.4, 0.5) is 11.4 Å². The summed E-state index contributed by atoms with van der Waals surface area (Å²) in [6, 6.07) is 11.6. The van der Waals surface area contributed by atoms with Gasteiger partial charge in [-0.2, -0.15) is 0 Å². The zero-order valence-corrected chi connectivity index (χ0v) is 16.9. The van der Waals surface area contributed by atoms with Crippen LogP contribution in [0.3, 0.4) is 0 Å². The third-order valence-electron chi connectivity index (χ3n) is 3.96. The molecule has 26 heavy (non-hydrogen) atoms. The molecule has 6 heteroatoms. The first-order valence-electron chi connectivity index (χ1n) is 8.27. The predicted molar refractivity (Wildman–Crippen MR) is 111 cm³/mol. The topological polar surface area (TPSA) is 51.8 Å². The minimum atomic E-state index is 0.0289. The normalized spacial score (nSPS) is 10.8. The first-order valence-corrected chi connectivity index (χ1v) is 8.68. The van der Waals surface area contributed by atoms with Crippen molar-refractivity contribution in [2.75, 3.05) is 32.0 Å². The fourth-order valence-electron chi connectivity index (χ4n) is 2.47. The van der Waals surface area contributed by atoms with Crippen molar-refractivity contribution in [2.45, 2.75) is 26.2 Å². The average molecular weight is 375 g/mol. The maximum atomic E-state index is 5.45. The molecule has 0 aliphatic rings. The number of hydrogen-bond acceptors (Lipinski definition) is 4. The van der Waals surface area contributed by atoms with Crippen LogP contribution in [0.2, 0.25) is 0 Å². The molecule has 0 spiro atoms. The van der Waals surface area contributed by atoms with Crippen molar-refractivity contribution < 1.29 is 14.2 Å². The highest BCUT2D eigenvalue weighted by Crippen LogP contribution is 2.32. The van der Waals surface area contributed by atoms with Crippen LogP contribution in [0.15, 0.2) is 36.4 Å². The standard InChI is InChI=1S/C20H26N2O3S/c1-20(2,3)13-7-9-16(23-4)15(11-13)22-19(26)21-14-8-10-17(24-5)18(12-14)25-6/h7-12H,1-6H3,(H2,21,22,26). The summed E-state index contributed by atoms with van der Waals surface area (Å²) >= 11 is 5.45. The highest BCUT2D eigenvalue weighted by molar-refractivity contribution is 7.80. The van der Waals surface area contributed by atoms with Gasteiger partial charge in [0.1, 0.15) is 5.75 Å². The molecule has 0 saturated carbocycles. The molecule has 0 atom stereocenters. The lowest BCUT2D eigenvalue weighted by Crippen LogP contribution is -2.20. The Morgan fingerprint density at radius 1 is 0.808 bits per heavy atom. The van der Waals surface area contributed by atoms with Gasteiger partial charge in [-0.15, -0.1) is 0 Å². The average Bonchev–Trinajstić information content (AvgIpc) is 2.60. The van der Waals surface area contributed by atoms with Gasteiger partial charge < -0.3 is 24.8 Å². The molecule has 0 heterocycles. The Bertz CT molecular complexity index is 785. The Morgan fingerprint density at radius 2 is 1.42 bits per heavy atom. The molecule has 5 nitrogen and oxygen atoms in total. The number of thiocarbonyl (C=S) groups is 1. The third kappa shape index (κ3) is 4.79. The Kier molecular flexibility index (Phi) is 6.32. The van der Waals surface area contributed by atoms with Crippen LogP contribution in [0.25, 0.3) is 0 Å². The van der Waals surface area contributed by atoms with Gasteiger partial charge in [0.05, 0.1) is 27.0 Å². The molecule has 0 bridgehead atoms. The molecule has 0 unspecified atom stereocenters. The first kappa shape index (κ1) is 19.8. The van der Waals surface area contributed by atoms with E-state index in [9.17, 15) is 0 Å². The fraction of sp³-hybridized carbons (Fsp3) is 0.350. The van der Waals surface area contributed by atoms with Crippen LogP contribution >= 0.6 is 12.2 Å². The van der Waals surface area contributed by atoms with Crippen LogP contribution in [0.1, 0.15) is 26.3 Å². The van der Waals surface area contributed by atoms with Crippen molar-refractivity contribution in [3.63, 3.8) is 0 Å². The number of nitrogens with one attached hydrogen (secondary N) is 2. The third-order valence-corrected chi connectivity index (χ3v) is 4.16. The lowest BCUT2D eigenvalue weighted by molar-refractivity contribution is 0.355. The van der Waals surface area contributed by atoms with Gasteiger partial charge in [0, 0.05) is 11.8 Å². The van der Waals surface area contributed by atoms with E-state index in [-0.39, 0.29) is 5.41 Å². The zero-order valence-electron chi connectivity index (χ0n) is 16.1. The van der Waals surface area contributed by atoms with Gasteiger partial charge in [0.2, 0.25) is 0 Å². The molecule has 0 saturated heterocycles. The van der Waals surface area contributed by atoms with Gasteiger partial charge in [-0.1, -0.05) is 26.8 Å². The minimum absolute atomic E-state index is 0.0289. The molecule has 0 aromatic heterocycles.